The Morgan fingerprint density at radius 1 is 0.862 bits per heavy atom. The van der Waals surface area contributed by atoms with Gasteiger partial charge < -0.3 is 10.6 Å². The van der Waals surface area contributed by atoms with E-state index >= 15 is 0 Å². The second-order valence-electron chi connectivity index (χ2n) is 7.43. The fraction of sp³-hybridized carbons (Fsp3) is 0.364. The maximum Gasteiger partial charge on any atom is 0.238 e. The highest BCUT2D eigenvalue weighted by atomic mass is 19.1. The minimum Gasteiger partial charge on any atom is -0.325 e. The average Bonchev–Trinajstić information content (AvgIpc) is 2.66. The molecule has 1 heterocycles. The Kier molecular flexibility index (Phi) is 6.95. The number of rotatable bonds is 6. The molecule has 0 aliphatic carbocycles. The lowest BCUT2D eigenvalue weighted by Crippen LogP contribution is -2.50. The number of piperazine rings is 1. The van der Waals surface area contributed by atoms with Gasteiger partial charge in [-0.3, -0.25) is 19.4 Å². The Morgan fingerprint density at radius 3 is 1.93 bits per heavy atom. The third-order valence-electron chi connectivity index (χ3n) is 5.05. The van der Waals surface area contributed by atoms with Gasteiger partial charge in [-0.25, -0.2) is 4.39 Å². The first kappa shape index (κ1) is 21.0. The van der Waals surface area contributed by atoms with E-state index in [0.29, 0.717) is 38.4 Å². The topological polar surface area (TPSA) is 64.7 Å². The summed E-state index contributed by atoms with van der Waals surface area (Å²) in [5.41, 5.74) is 3.43. The van der Waals surface area contributed by atoms with Crippen molar-refractivity contribution in [3.05, 3.63) is 59.4 Å². The van der Waals surface area contributed by atoms with E-state index in [1.165, 1.54) is 12.1 Å². The summed E-state index contributed by atoms with van der Waals surface area (Å²) in [6.45, 7) is 7.38. The van der Waals surface area contributed by atoms with Crippen LogP contribution in [0.25, 0.3) is 0 Å². The monoisotopic (exact) mass is 398 g/mol. The molecule has 29 heavy (non-hydrogen) atoms. The van der Waals surface area contributed by atoms with Crippen molar-refractivity contribution >= 4 is 23.2 Å². The highest BCUT2D eigenvalue weighted by Crippen LogP contribution is 2.19. The number of para-hydroxylation sites is 1. The van der Waals surface area contributed by atoms with E-state index in [1.54, 1.807) is 12.1 Å². The Bertz CT molecular complexity index is 859. The summed E-state index contributed by atoms with van der Waals surface area (Å²) in [5, 5.41) is 5.73. The van der Waals surface area contributed by atoms with Crippen molar-refractivity contribution in [2.75, 3.05) is 49.9 Å². The van der Waals surface area contributed by atoms with Crippen molar-refractivity contribution in [2.24, 2.45) is 0 Å². The normalized spacial score (nSPS) is 15.1. The molecule has 1 saturated heterocycles. The van der Waals surface area contributed by atoms with Gasteiger partial charge in [-0.1, -0.05) is 24.3 Å². The fourth-order valence-electron chi connectivity index (χ4n) is 3.47. The Morgan fingerprint density at radius 2 is 1.38 bits per heavy atom. The van der Waals surface area contributed by atoms with Crippen LogP contribution in [0.3, 0.4) is 0 Å². The largest absolute Gasteiger partial charge is 0.325 e. The van der Waals surface area contributed by atoms with E-state index in [-0.39, 0.29) is 24.2 Å². The number of benzene rings is 2. The summed E-state index contributed by atoms with van der Waals surface area (Å²) in [4.78, 5) is 28.7. The van der Waals surface area contributed by atoms with Crippen LogP contribution >= 0.6 is 0 Å². The van der Waals surface area contributed by atoms with Crippen molar-refractivity contribution < 1.29 is 14.0 Å². The smallest absolute Gasteiger partial charge is 0.238 e. The molecular formula is C22H27FN4O2. The van der Waals surface area contributed by atoms with Gasteiger partial charge in [0.1, 0.15) is 5.82 Å². The number of anilines is 2. The Labute approximate surface area is 170 Å². The summed E-state index contributed by atoms with van der Waals surface area (Å²) >= 11 is 0. The second-order valence-corrected chi connectivity index (χ2v) is 7.43. The average molecular weight is 398 g/mol. The molecule has 1 fully saturated rings. The summed E-state index contributed by atoms with van der Waals surface area (Å²) < 4.78 is 13.2. The van der Waals surface area contributed by atoms with Gasteiger partial charge in [0.15, 0.2) is 0 Å². The molecule has 154 valence electrons. The van der Waals surface area contributed by atoms with Crippen LogP contribution in [0.5, 0.6) is 0 Å². The highest BCUT2D eigenvalue weighted by Gasteiger charge is 2.21. The van der Waals surface area contributed by atoms with Gasteiger partial charge in [-0.05, 0) is 43.2 Å². The number of nitrogens with one attached hydrogen (secondary N) is 2. The lowest BCUT2D eigenvalue weighted by Gasteiger charge is -2.33. The van der Waals surface area contributed by atoms with E-state index in [0.717, 1.165) is 16.8 Å². The molecule has 2 aromatic rings. The molecule has 0 saturated carbocycles. The molecule has 1 aliphatic heterocycles. The predicted octanol–water partition coefficient (Wildman–Crippen LogP) is 2.64. The van der Waals surface area contributed by atoms with Crippen molar-refractivity contribution in [3.63, 3.8) is 0 Å². The molecule has 2 aromatic carbocycles. The van der Waals surface area contributed by atoms with Crippen molar-refractivity contribution in [1.29, 1.82) is 0 Å². The first-order valence-electron chi connectivity index (χ1n) is 9.77. The quantitative estimate of drug-likeness (QED) is 0.785. The van der Waals surface area contributed by atoms with Gasteiger partial charge in [-0.15, -0.1) is 0 Å². The maximum atomic E-state index is 13.2. The Balaban J connectivity index is 1.42. The Hall–Kier alpha value is -2.77. The van der Waals surface area contributed by atoms with Gasteiger partial charge in [-0.2, -0.15) is 0 Å². The van der Waals surface area contributed by atoms with E-state index in [4.69, 9.17) is 0 Å². The van der Waals surface area contributed by atoms with Gasteiger partial charge >= 0.3 is 0 Å². The summed E-state index contributed by atoms with van der Waals surface area (Å²) in [5.74, 6) is -0.577. The van der Waals surface area contributed by atoms with Crippen LogP contribution < -0.4 is 10.6 Å². The van der Waals surface area contributed by atoms with E-state index in [9.17, 15) is 14.0 Å². The van der Waals surface area contributed by atoms with Gasteiger partial charge in [0.25, 0.3) is 0 Å². The van der Waals surface area contributed by atoms with Gasteiger partial charge in [0, 0.05) is 37.6 Å². The zero-order valence-electron chi connectivity index (χ0n) is 16.9. The number of carbonyl (C=O) groups excluding carboxylic acids is 2. The number of halogens is 1. The zero-order chi connectivity index (χ0) is 20.8. The number of carbonyl (C=O) groups is 2. The molecule has 6 nitrogen and oxygen atoms in total. The van der Waals surface area contributed by atoms with Crippen molar-refractivity contribution in [3.8, 4) is 0 Å². The molecule has 3 rings (SSSR count). The molecular weight excluding hydrogens is 371 g/mol. The molecule has 0 spiro atoms. The standard InChI is InChI=1S/C22H27FN4O2/c1-16-5-3-6-17(2)22(16)25-21(29)15-27-11-9-26(10-12-27)14-20(28)24-19-8-4-7-18(23)13-19/h3-8,13H,9-12,14-15H2,1-2H3,(H,24,28)(H,25,29). The van der Waals surface area contributed by atoms with E-state index in [1.807, 2.05) is 36.9 Å². The molecule has 0 radical (unpaired) electrons. The molecule has 0 unspecified atom stereocenters. The zero-order valence-corrected chi connectivity index (χ0v) is 16.9. The van der Waals surface area contributed by atoms with Crippen LogP contribution in [0.4, 0.5) is 15.8 Å². The van der Waals surface area contributed by atoms with Crippen molar-refractivity contribution in [1.82, 2.24) is 9.80 Å². The van der Waals surface area contributed by atoms with Crippen LogP contribution in [-0.4, -0.2) is 60.9 Å². The molecule has 2 N–H and O–H groups in total. The third-order valence-corrected chi connectivity index (χ3v) is 5.05. The van der Waals surface area contributed by atoms with Gasteiger partial charge in [0.2, 0.25) is 11.8 Å². The minimum atomic E-state index is -0.379. The lowest BCUT2D eigenvalue weighted by molar-refractivity contribution is -0.120. The number of amides is 2. The molecule has 2 amide bonds. The molecule has 0 aromatic heterocycles. The van der Waals surface area contributed by atoms with Crippen LogP contribution in [0.1, 0.15) is 11.1 Å². The van der Waals surface area contributed by atoms with Crippen LogP contribution in [-0.2, 0) is 9.59 Å². The van der Waals surface area contributed by atoms with E-state index in [2.05, 4.69) is 15.5 Å². The summed E-state index contributed by atoms with van der Waals surface area (Å²) in [7, 11) is 0. The minimum absolute atomic E-state index is 0.0281. The highest BCUT2D eigenvalue weighted by molar-refractivity contribution is 5.94. The van der Waals surface area contributed by atoms with Crippen LogP contribution in [0.15, 0.2) is 42.5 Å². The van der Waals surface area contributed by atoms with E-state index < -0.39 is 0 Å². The first-order chi connectivity index (χ1) is 13.9. The number of hydrogen-bond acceptors (Lipinski definition) is 4. The number of aryl methyl sites for hydroxylation is 2. The summed E-state index contributed by atoms with van der Waals surface area (Å²) in [6.07, 6.45) is 0. The maximum absolute atomic E-state index is 13.2. The molecule has 0 atom stereocenters. The second kappa shape index (κ2) is 9.62. The number of hydrogen-bond donors (Lipinski definition) is 2. The molecule has 7 heteroatoms. The third kappa shape index (κ3) is 6.10. The first-order valence-corrected chi connectivity index (χ1v) is 9.77. The number of nitrogens with zero attached hydrogens (tertiary/aromatic N) is 2. The fourth-order valence-corrected chi connectivity index (χ4v) is 3.47. The summed E-state index contributed by atoms with van der Waals surface area (Å²) in [6, 6.07) is 11.8. The van der Waals surface area contributed by atoms with Crippen molar-refractivity contribution in [2.45, 2.75) is 13.8 Å². The predicted molar refractivity (Wildman–Crippen MR) is 112 cm³/mol. The lowest BCUT2D eigenvalue weighted by atomic mass is 10.1. The molecule has 1 aliphatic rings. The van der Waals surface area contributed by atoms with Gasteiger partial charge in [0.05, 0.1) is 13.1 Å². The molecule has 0 bridgehead atoms. The van der Waals surface area contributed by atoms with Crippen LogP contribution in [0.2, 0.25) is 0 Å². The SMILES string of the molecule is Cc1cccc(C)c1NC(=O)CN1CCN(CC(=O)Nc2cccc(F)c2)CC1. The van der Waals surface area contributed by atoms with Crippen LogP contribution in [0, 0.1) is 19.7 Å².